The molecule has 0 aliphatic carbocycles. The SMILES string of the molecule is Cc1ccc(CCC(Cc2cncc(Br)c2)NN)cc1. The van der Waals surface area contributed by atoms with Crippen molar-refractivity contribution in [2.24, 2.45) is 5.84 Å². The van der Waals surface area contributed by atoms with Crippen molar-refractivity contribution in [3.63, 3.8) is 0 Å². The smallest absolute Gasteiger partial charge is 0.0410 e. The molecule has 2 rings (SSSR count). The van der Waals surface area contributed by atoms with Gasteiger partial charge in [0.2, 0.25) is 0 Å². The summed E-state index contributed by atoms with van der Waals surface area (Å²) in [5, 5.41) is 0. The summed E-state index contributed by atoms with van der Waals surface area (Å²) in [6.07, 6.45) is 6.60. The third-order valence-electron chi connectivity index (χ3n) is 3.38. The Balaban J connectivity index is 1.90. The molecule has 0 spiro atoms. The molecule has 0 bridgehead atoms. The average molecular weight is 334 g/mol. The Bertz CT molecular complexity index is 540. The average Bonchev–Trinajstić information content (AvgIpc) is 2.45. The second-order valence-electron chi connectivity index (χ2n) is 5.10. The summed E-state index contributed by atoms with van der Waals surface area (Å²) < 4.78 is 1.00. The van der Waals surface area contributed by atoms with E-state index in [0.717, 1.165) is 23.7 Å². The molecule has 1 heterocycles. The lowest BCUT2D eigenvalue weighted by Crippen LogP contribution is -2.37. The van der Waals surface area contributed by atoms with Gasteiger partial charge in [-0.1, -0.05) is 29.8 Å². The molecule has 106 valence electrons. The van der Waals surface area contributed by atoms with Gasteiger partial charge in [-0.05, 0) is 59.3 Å². The van der Waals surface area contributed by atoms with Gasteiger partial charge in [-0.2, -0.15) is 0 Å². The Morgan fingerprint density at radius 1 is 1.20 bits per heavy atom. The predicted octanol–water partition coefficient (Wildman–Crippen LogP) is 3.16. The normalized spacial score (nSPS) is 12.3. The zero-order valence-corrected chi connectivity index (χ0v) is 13.2. The molecule has 0 aliphatic heterocycles. The Morgan fingerprint density at radius 3 is 2.60 bits per heavy atom. The minimum absolute atomic E-state index is 0.257. The fraction of sp³-hybridized carbons (Fsp3) is 0.312. The number of nitrogens with zero attached hydrogens (tertiary/aromatic N) is 1. The minimum Gasteiger partial charge on any atom is -0.271 e. The van der Waals surface area contributed by atoms with Gasteiger partial charge < -0.3 is 0 Å². The molecule has 3 nitrogen and oxygen atoms in total. The molecule has 0 fully saturated rings. The van der Waals surface area contributed by atoms with Gasteiger partial charge in [0.1, 0.15) is 0 Å². The Hall–Kier alpha value is -1.23. The summed E-state index contributed by atoms with van der Waals surface area (Å²) >= 11 is 3.44. The van der Waals surface area contributed by atoms with Gasteiger partial charge in [0.25, 0.3) is 0 Å². The van der Waals surface area contributed by atoms with Gasteiger partial charge >= 0.3 is 0 Å². The molecule has 0 amide bonds. The van der Waals surface area contributed by atoms with E-state index in [-0.39, 0.29) is 6.04 Å². The number of hydrazine groups is 1. The van der Waals surface area contributed by atoms with E-state index in [1.54, 1.807) is 6.20 Å². The van der Waals surface area contributed by atoms with E-state index < -0.39 is 0 Å². The van der Waals surface area contributed by atoms with Crippen molar-refractivity contribution in [3.05, 3.63) is 63.9 Å². The maximum Gasteiger partial charge on any atom is 0.0410 e. The highest BCUT2D eigenvalue weighted by atomic mass is 79.9. The maximum absolute atomic E-state index is 5.66. The van der Waals surface area contributed by atoms with Crippen LogP contribution in [0.3, 0.4) is 0 Å². The number of benzene rings is 1. The summed E-state index contributed by atoms with van der Waals surface area (Å²) in [7, 11) is 0. The van der Waals surface area contributed by atoms with Crippen LogP contribution in [-0.4, -0.2) is 11.0 Å². The number of halogens is 1. The van der Waals surface area contributed by atoms with E-state index in [9.17, 15) is 0 Å². The van der Waals surface area contributed by atoms with Crippen molar-refractivity contribution in [1.29, 1.82) is 0 Å². The highest BCUT2D eigenvalue weighted by molar-refractivity contribution is 9.10. The van der Waals surface area contributed by atoms with Crippen molar-refractivity contribution >= 4 is 15.9 Å². The van der Waals surface area contributed by atoms with Gasteiger partial charge in [-0.15, -0.1) is 0 Å². The summed E-state index contributed by atoms with van der Waals surface area (Å²) in [6, 6.07) is 11.0. The van der Waals surface area contributed by atoms with Crippen LogP contribution in [0, 0.1) is 6.92 Å². The lowest BCUT2D eigenvalue weighted by Gasteiger charge is -2.16. The highest BCUT2D eigenvalue weighted by Crippen LogP contribution is 2.13. The quantitative estimate of drug-likeness (QED) is 0.630. The standard InChI is InChI=1S/C16H20BrN3/c1-12-2-4-13(5-3-12)6-7-16(20-18)9-14-8-15(17)11-19-10-14/h2-5,8,10-11,16,20H,6-7,9,18H2,1H3. The summed E-state index contributed by atoms with van der Waals surface area (Å²) in [5.41, 5.74) is 6.74. The Labute approximate surface area is 128 Å². The van der Waals surface area contributed by atoms with Gasteiger partial charge in [0, 0.05) is 22.9 Å². The topological polar surface area (TPSA) is 50.9 Å². The fourth-order valence-electron chi connectivity index (χ4n) is 2.19. The molecule has 0 aliphatic rings. The predicted molar refractivity (Wildman–Crippen MR) is 86.3 cm³/mol. The van der Waals surface area contributed by atoms with Crippen LogP contribution < -0.4 is 11.3 Å². The molecule has 1 unspecified atom stereocenters. The van der Waals surface area contributed by atoms with Crippen LogP contribution in [0.25, 0.3) is 0 Å². The molecule has 0 saturated carbocycles. The van der Waals surface area contributed by atoms with Crippen LogP contribution in [0.5, 0.6) is 0 Å². The monoisotopic (exact) mass is 333 g/mol. The zero-order chi connectivity index (χ0) is 14.4. The highest BCUT2D eigenvalue weighted by Gasteiger charge is 2.08. The van der Waals surface area contributed by atoms with Gasteiger partial charge in [-0.25, -0.2) is 0 Å². The molecule has 20 heavy (non-hydrogen) atoms. The minimum atomic E-state index is 0.257. The lowest BCUT2D eigenvalue weighted by atomic mass is 10.00. The molecule has 1 aromatic heterocycles. The number of pyridine rings is 1. The number of aromatic nitrogens is 1. The lowest BCUT2D eigenvalue weighted by molar-refractivity contribution is 0.491. The van der Waals surface area contributed by atoms with Crippen molar-refractivity contribution in [2.75, 3.05) is 0 Å². The summed E-state index contributed by atoms with van der Waals surface area (Å²) in [4.78, 5) is 4.18. The Morgan fingerprint density at radius 2 is 1.95 bits per heavy atom. The van der Waals surface area contributed by atoms with Crippen LogP contribution in [0.2, 0.25) is 0 Å². The summed E-state index contributed by atoms with van der Waals surface area (Å²) in [5.74, 6) is 5.66. The number of aryl methyl sites for hydroxylation is 2. The first-order valence-electron chi connectivity index (χ1n) is 6.78. The van der Waals surface area contributed by atoms with Crippen LogP contribution in [0.15, 0.2) is 47.2 Å². The van der Waals surface area contributed by atoms with Crippen molar-refractivity contribution in [1.82, 2.24) is 10.4 Å². The largest absolute Gasteiger partial charge is 0.271 e. The van der Waals surface area contributed by atoms with Gasteiger partial charge in [0.15, 0.2) is 0 Å². The van der Waals surface area contributed by atoms with Gasteiger partial charge in [0.05, 0.1) is 0 Å². The molecule has 4 heteroatoms. The number of nitrogens with two attached hydrogens (primary N) is 1. The van der Waals surface area contributed by atoms with E-state index >= 15 is 0 Å². The second-order valence-corrected chi connectivity index (χ2v) is 6.02. The van der Waals surface area contributed by atoms with E-state index in [2.05, 4.69) is 63.6 Å². The first-order chi connectivity index (χ1) is 9.67. The van der Waals surface area contributed by atoms with E-state index in [4.69, 9.17) is 5.84 Å². The number of hydrogen-bond donors (Lipinski definition) is 2. The van der Waals surface area contributed by atoms with Crippen molar-refractivity contribution < 1.29 is 0 Å². The molecular weight excluding hydrogens is 314 g/mol. The first-order valence-corrected chi connectivity index (χ1v) is 7.58. The van der Waals surface area contributed by atoms with Crippen LogP contribution >= 0.6 is 15.9 Å². The van der Waals surface area contributed by atoms with E-state index in [1.165, 1.54) is 16.7 Å². The number of hydrogen-bond acceptors (Lipinski definition) is 3. The van der Waals surface area contributed by atoms with Gasteiger partial charge in [-0.3, -0.25) is 16.3 Å². The zero-order valence-electron chi connectivity index (χ0n) is 11.6. The molecule has 1 atom stereocenters. The van der Waals surface area contributed by atoms with Crippen molar-refractivity contribution in [3.8, 4) is 0 Å². The molecule has 3 N–H and O–H groups in total. The second kappa shape index (κ2) is 7.53. The summed E-state index contributed by atoms with van der Waals surface area (Å²) in [6.45, 7) is 2.11. The van der Waals surface area contributed by atoms with E-state index in [0.29, 0.717) is 0 Å². The third-order valence-corrected chi connectivity index (χ3v) is 3.82. The van der Waals surface area contributed by atoms with Crippen molar-refractivity contribution in [2.45, 2.75) is 32.2 Å². The van der Waals surface area contributed by atoms with E-state index in [1.807, 2.05) is 6.20 Å². The fourth-order valence-corrected chi connectivity index (χ4v) is 2.60. The first kappa shape index (κ1) is 15.2. The molecule has 2 aromatic rings. The molecular formula is C16H20BrN3. The number of rotatable bonds is 6. The molecule has 0 saturated heterocycles. The number of nitrogens with one attached hydrogen (secondary N) is 1. The van der Waals surface area contributed by atoms with Crippen LogP contribution in [-0.2, 0) is 12.8 Å². The molecule has 1 aromatic carbocycles. The maximum atomic E-state index is 5.66. The third kappa shape index (κ3) is 4.71. The Kier molecular flexibility index (Phi) is 5.71. The van der Waals surface area contributed by atoms with Crippen LogP contribution in [0.1, 0.15) is 23.1 Å². The molecule has 0 radical (unpaired) electrons. The van der Waals surface area contributed by atoms with Crippen LogP contribution in [0.4, 0.5) is 0 Å².